The third-order valence-electron chi connectivity index (χ3n) is 4.54. The van der Waals surface area contributed by atoms with Gasteiger partial charge in [-0.2, -0.15) is 8.78 Å². The lowest BCUT2D eigenvalue weighted by Gasteiger charge is -2.39. The van der Waals surface area contributed by atoms with Gasteiger partial charge >= 0.3 is 18.7 Å². The molecule has 1 aromatic rings. The lowest BCUT2D eigenvalue weighted by Crippen LogP contribution is -2.51. The monoisotopic (exact) mass is 369 g/mol. The zero-order chi connectivity index (χ0) is 18.5. The van der Waals surface area contributed by atoms with E-state index in [1.54, 1.807) is 21.9 Å². The molecule has 0 aliphatic carbocycles. The maximum atomic E-state index is 12.5. The van der Waals surface area contributed by atoms with Crippen LogP contribution in [0.4, 0.5) is 24.1 Å². The Bertz CT molecular complexity index is 651. The molecule has 0 radical (unpaired) electrons. The number of benzene rings is 1. The van der Waals surface area contributed by atoms with Gasteiger partial charge in [0.1, 0.15) is 5.75 Å². The number of nitrogens with one attached hydrogen (secondary N) is 1. The summed E-state index contributed by atoms with van der Waals surface area (Å²) in [5.74, 6) is -0.0817. The molecule has 142 valence electrons. The van der Waals surface area contributed by atoms with E-state index in [1.807, 2.05) is 0 Å². The Kier molecular flexibility index (Phi) is 5.75. The molecule has 2 aliphatic rings. The highest BCUT2D eigenvalue weighted by Gasteiger charge is 2.32. The summed E-state index contributed by atoms with van der Waals surface area (Å²) in [5, 5.41) is 2.61. The van der Waals surface area contributed by atoms with E-state index >= 15 is 0 Å². The third kappa shape index (κ3) is 4.33. The van der Waals surface area contributed by atoms with Gasteiger partial charge in [-0.3, -0.25) is 0 Å². The van der Waals surface area contributed by atoms with Crippen molar-refractivity contribution in [3.63, 3.8) is 0 Å². The van der Waals surface area contributed by atoms with E-state index in [0.717, 1.165) is 6.42 Å². The van der Waals surface area contributed by atoms with Gasteiger partial charge in [0.25, 0.3) is 0 Å². The van der Waals surface area contributed by atoms with Crippen LogP contribution in [0.15, 0.2) is 24.3 Å². The van der Waals surface area contributed by atoms with Crippen molar-refractivity contribution in [2.75, 3.05) is 31.6 Å². The van der Waals surface area contributed by atoms with Crippen molar-refractivity contribution >= 4 is 17.8 Å². The number of piperidine rings is 1. The minimum Gasteiger partial charge on any atom is -0.449 e. The molecular formula is C17H21F2N3O4. The van der Waals surface area contributed by atoms with Gasteiger partial charge in [0.15, 0.2) is 0 Å². The second-order valence-electron chi connectivity index (χ2n) is 6.18. The molecule has 0 aromatic heterocycles. The molecule has 0 atom stereocenters. The molecule has 2 aliphatic heterocycles. The number of carbonyl (C=O) groups is 2. The van der Waals surface area contributed by atoms with Gasteiger partial charge in [-0.15, -0.1) is 0 Å². The van der Waals surface area contributed by atoms with Crippen LogP contribution < -0.4 is 10.1 Å². The van der Waals surface area contributed by atoms with Gasteiger partial charge in [0, 0.05) is 25.7 Å². The predicted octanol–water partition coefficient (Wildman–Crippen LogP) is 3.13. The number of likely N-dealkylation sites (tertiary alicyclic amines) is 1. The third-order valence-corrected chi connectivity index (χ3v) is 4.54. The first-order valence-electron chi connectivity index (χ1n) is 8.58. The smallest absolute Gasteiger partial charge is 0.410 e. The van der Waals surface area contributed by atoms with E-state index in [1.165, 1.54) is 12.1 Å². The summed E-state index contributed by atoms with van der Waals surface area (Å²) in [6, 6.07) is 5.73. The Morgan fingerprint density at radius 1 is 1.23 bits per heavy atom. The Balaban J connectivity index is 1.55. The number of hydrogen-bond acceptors (Lipinski definition) is 4. The number of rotatable bonds is 4. The number of carbonyl (C=O) groups excluding carboxylic acids is 2. The van der Waals surface area contributed by atoms with Gasteiger partial charge in [0.05, 0.1) is 12.3 Å². The lowest BCUT2D eigenvalue weighted by atomic mass is 10.0. The van der Waals surface area contributed by atoms with Crippen LogP contribution in [0.5, 0.6) is 5.75 Å². The molecule has 1 N–H and O–H groups in total. The Hall–Kier alpha value is -2.58. The number of cyclic esters (lactones) is 1. The molecule has 9 heteroatoms. The molecule has 2 fully saturated rings. The van der Waals surface area contributed by atoms with Crippen molar-refractivity contribution in [1.82, 2.24) is 9.80 Å². The highest BCUT2D eigenvalue weighted by Crippen LogP contribution is 2.26. The summed E-state index contributed by atoms with van der Waals surface area (Å²) in [6.45, 7) is -0.894. The van der Waals surface area contributed by atoms with Gasteiger partial charge in [-0.1, -0.05) is 12.1 Å². The van der Waals surface area contributed by atoms with E-state index < -0.39 is 6.61 Å². The first kappa shape index (κ1) is 18.2. The molecular weight excluding hydrogens is 348 g/mol. The second-order valence-corrected chi connectivity index (χ2v) is 6.18. The molecule has 2 heterocycles. The van der Waals surface area contributed by atoms with Gasteiger partial charge in [-0.25, -0.2) is 9.59 Å². The average molecular weight is 369 g/mol. The summed E-state index contributed by atoms with van der Waals surface area (Å²) in [5.41, 5.74) is 0.194. The number of nitrogens with zero attached hydrogens (tertiary/aromatic N) is 2. The molecule has 0 saturated carbocycles. The topological polar surface area (TPSA) is 71.1 Å². The number of hydrogen-bond donors (Lipinski definition) is 1. The first-order valence-corrected chi connectivity index (χ1v) is 8.58. The Morgan fingerprint density at radius 2 is 1.96 bits per heavy atom. The lowest BCUT2D eigenvalue weighted by molar-refractivity contribution is -0.0493. The van der Waals surface area contributed by atoms with Crippen LogP contribution >= 0.6 is 0 Å². The van der Waals surface area contributed by atoms with E-state index in [9.17, 15) is 18.4 Å². The SMILES string of the molecule is O=C(Nc1ccccc1OC(F)F)N1CCC(N2CCCOC2=O)CC1. The normalized spacial score (nSPS) is 18.7. The summed E-state index contributed by atoms with van der Waals surface area (Å²) in [4.78, 5) is 27.6. The van der Waals surface area contributed by atoms with Gasteiger partial charge in [-0.05, 0) is 31.4 Å². The fraction of sp³-hybridized carbons (Fsp3) is 0.529. The first-order chi connectivity index (χ1) is 12.5. The minimum atomic E-state index is -2.96. The van der Waals surface area contributed by atoms with Crippen LogP contribution in [-0.2, 0) is 4.74 Å². The molecule has 0 spiro atoms. The number of para-hydroxylation sites is 2. The number of alkyl halides is 2. The average Bonchev–Trinajstić information content (AvgIpc) is 2.63. The number of amides is 3. The maximum absolute atomic E-state index is 12.5. The minimum absolute atomic E-state index is 0.0568. The number of ether oxygens (including phenoxy) is 2. The molecule has 7 nitrogen and oxygen atoms in total. The highest BCUT2D eigenvalue weighted by molar-refractivity contribution is 5.91. The van der Waals surface area contributed by atoms with Crippen molar-refractivity contribution < 1.29 is 27.8 Å². The van der Waals surface area contributed by atoms with Crippen LogP contribution in [0.2, 0.25) is 0 Å². The molecule has 0 unspecified atom stereocenters. The quantitative estimate of drug-likeness (QED) is 0.885. The molecule has 26 heavy (non-hydrogen) atoms. The standard InChI is InChI=1S/C17H21F2N3O4/c18-15(19)26-14-5-2-1-4-13(14)20-16(23)21-9-6-12(7-10-21)22-8-3-11-25-17(22)24/h1-2,4-5,12,15H,3,6-11H2,(H,20,23). The summed E-state index contributed by atoms with van der Waals surface area (Å²) in [7, 11) is 0. The second kappa shape index (κ2) is 8.20. The number of anilines is 1. The fourth-order valence-corrected chi connectivity index (χ4v) is 3.24. The maximum Gasteiger partial charge on any atom is 0.410 e. The van der Waals surface area contributed by atoms with Crippen LogP contribution in [0.3, 0.4) is 0 Å². The summed E-state index contributed by atoms with van der Waals surface area (Å²) >= 11 is 0. The molecule has 2 saturated heterocycles. The van der Waals surface area contributed by atoms with Crippen molar-refractivity contribution in [2.45, 2.75) is 31.9 Å². The van der Waals surface area contributed by atoms with E-state index in [4.69, 9.17) is 4.74 Å². The van der Waals surface area contributed by atoms with Crippen molar-refractivity contribution in [3.05, 3.63) is 24.3 Å². The zero-order valence-corrected chi connectivity index (χ0v) is 14.2. The summed E-state index contributed by atoms with van der Waals surface area (Å²) in [6.07, 6.45) is 1.82. The van der Waals surface area contributed by atoms with Crippen molar-refractivity contribution in [1.29, 1.82) is 0 Å². The molecule has 3 rings (SSSR count). The van der Waals surface area contributed by atoms with Crippen LogP contribution in [0, 0.1) is 0 Å². The van der Waals surface area contributed by atoms with E-state index in [0.29, 0.717) is 39.1 Å². The summed E-state index contributed by atoms with van der Waals surface area (Å²) < 4.78 is 34.4. The number of halogens is 2. The number of urea groups is 1. The largest absolute Gasteiger partial charge is 0.449 e. The van der Waals surface area contributed by atoms with E-state index in [-0.39, 0.29) is 29.6 Å². The Morgan fingerprint density at radius 3 is 2.65 bits per heavy atom. The van der Waals surface area contributed by atoms with Crippen molar-refractivity contribution in [3.8, 4) is 5.75 Å². The van der Waals surface area contributed by atoms with Crippen LogP contribution in [-0.4, -0.2) is 60.8 Å². The van der Waals surface area contributed by atoms with Gasteiger partial charge in [0.2, 0.25) is 0 Å². The zero-order valence-electron chi connectivity index (χ0n) is 14.2. The predicted molar refractivity (Wildman–Crippen MR) is 89.4 cm³/mol. The van der Waals surface area contributed by atoms with E-state index in [2.05, 4.69) is 10.1 Å². The fourth-order valence-electron chi connectivity index (χ4n) is 3.24. The Labute approximate surface area is 149 Å². The molecule has 3 amide bonds. The van der Waals surface area contributed by atoms with Crippen LogP contribution in [0.1, 0.15) is 19.3 Å². The van der Waals surface area contributed by atoms with Crippen LogP contribution in [0.25, 0.3) is 0 Å². The molecule has 0 bridgehead atoms. The molecule has 1 aromatic carbocycles. The highest BCUT2D eigenvalue weighted by atomic mass is 19.3. The van der Waals surface area contributed by atoms with Crippen molar-refractivity contribution in [2.24, 2.45) is 0 Å². The van der Waals surface area contributed by atoms with Gasteiger partial charge < -0.3 is 24.6 Å².